The summed E-state index contributed by atoms with van der Waals surface area (Å²) in [4.78, 5) is 14.3. The lowest BCUT2D eigenvalue weighted by Gasteiger charge is -2.17. The molecule has 1 amide bonds. The van der Waals surface area contributed by atoms with Gasteiger partial charge in [-0.05, 0) is 38.4 Å². The molecule has 5 heteroatoms. The van der Waals surface area contributed by atoms with E-state index in [2.05, 4.69) is 22.5 Å². The SMILES string of the molecule is C[C@@H]1CNC[C@H]1C(=O)NCCN1CCCC1.Cl. The summed E-state index contributed by atoms with van der Waals surface area (Å²) < 4.78 is 0. The smallest absolute Gasteiger partial charge is 0.224 e. The minimum Gasteiger partial charge on any atom is -0.355 e. The van der Waals surface area contributed by atoms with Crippen molar-refractivity contribution in [3.8, 4) is 0 Å². The van der Waals surface area contributed by atoms with E-state index in [1.165, 1.54) is 25.9 Å². The molecular weight excluding hydrogens is 238 g/mol. The first kappa shape index (κ1) is 14.7. The average molecular weight is 262 g/mol. The van der Waals surface area contributed by atoms with Crippen molar-refractivity contribution in [2.24, 2.45) is 11.8 Å². The van der Waals surface area contributed by atoms with E-state index in [0.717, 1.165) is 26.2 Å². The molecule has 2 N–H and O–H groups in total. The van der Waals surface area contributed by atoms with Gasteiger partial charge in [-0.1, -0.05) is 6.92 Å². The van der Waals surface area contributed by atoms with Gasteiger partial charge >= 0.3 is 0 Å². The van der Waals surface area contributed by atoms with E-state index in [0.29, 0.717) is 5.92 Å². The maximum absolute atomic E-state index is 11.9. The van der Waals surface area contributed by atoms with Gasteiger partial charge in [0.05, 0.1) is 5.92 Å². The first-order chi connectivity index (χ1) is 7.77. The second kappa shape index (κ2) is 7.19. The van der Waals surface area contributed by atoms with Crippen molar-refractivity contribution in [3.63, 3.8) is 0 Å². The molecule has 2 aliphatic heterocycles. The Hall–Kier alpha value is -0.320. The molecule has 2 fully saturated rings. The minimum absolute atomic E-state index is 0. The zero-order chi connectivity index (χ0) is 11.4. The molecule has 100 valence electrons. The molecule has 2 saturated heterocycles. The molecule has 0 aliphatic carbocycles. The lowest BCUT2D eigenvalue weighted by Crippen LogP contribution is -2.38. The van der Waals surface area contributed by atoms with Crippen molar-refractivity contribution in [1.82, 2.24) is 15.5 Å². The molecule has 17 heavy (non-hydrogen) atoms. The summed E-state index contributed by atoms with van der Waals surface area (Å²) in [6.45, 7) is 8.20. The molecule has 2 rings (SSSR count). The first-order valence-corrected chi connectivity index (χ1v) is 6.48. The summed E-state index contributed by atoms with van der Waals surface area (Å²) in [5.74, 6) is 0.891. The van der Waals surface area contributed by atoms with E-state index in [-0.39, 0.29) is 24.2 Å². The lowest BCUT2D eigenvalue weighted by atomic mass is 9.97. The summed E-state index contributed by atoms with van der Waals surface area (Å²) in [7, 11) is 0. The normalized spacial score (nSPS) is 29.0. The number of hydrogen-bond acceptors (Lipinski definition) is 3. The number of rotatable bonds is 4. The number of likely N-dealkylation sites (tertiary alicyclic amines) is 1. The molecule has 0 radical (unpaired) electrons. The third kappa shape index (κ3) is 4.12. The summed E-state index contributed by atoms with van der Waals surface area (Å²) in [5, 5.41) is 6.32. The Morgan fingerprint density at radius 2 is 2.06 bits per heavy atom. The number of nitrogens with one attached hydrogen (secondary N) is 2. The number of carbonyl (C=O) groups excluding carboxylic acids is 1. The fourth-order valence-corrected chi connectivity index (χ4v) is 2.64. The molecule has 0 aromatic heterocycles. The van der Waals surface area contributed by atoms with Crippen LogP contribution >= 0.6 is 12.4 Å². The van der Waals surface area contributed by atoms with Crippen molar-refractivity contribution in [2.75, 3.05) is 39.3 Å². The third-order valence-electron chi connectivity index (χ3n) is 3.78. The lowest BCUT2D eigenvalue weighted by molar-refractivity contribution is -0.125. The fourth-order valence-electron chi connectivity index (χ4n) is 2.64. The van der Waals surface area contributed by atoms with Crippen molar-refractivity contribution < 1.29 is 4.79 Å². The van der Waals surface area contributed by atoms with Gasteiger partial charge in [-0.3, -0.25) is 4.79 Å². The molecule has 2 heterocycles. The monoisotopic (exact) mass is 261 g/mol. The molecule has 0 spiro atoms. The Morgan fingerprint density at radius 3 is 2.65 bits per heavy atom. The Bertz CT molecular complexity index is 244. The van der Waals surface area contributed by atoms with Crippen LogP contribution in [0.15, 0.2) is 0 Å². The van der Waals surface area contributed by atoms with Gasteiger partial charge in [0, 0.05) is 19.6 Å². The predicted octanol–water partition coefficient (Wildman–Crippen LogP) is 0.476. The topological polar surface area (TPSA) is 44.4 Å². The van der Waals surface area contributed by atoms with Crippen LogP contribution in [0.25, 0.3) is 0 Å². The number of amides is 1. The molecule has 0 aromatic carbocycles. The highest BCUT2D eigenvalue weighted by atomic mass is 35.5. The Morgan fingerprint density at radius 1 is 1.35 bits per heavy atom. The van der Waals surface area contributed by atoms with Crippen molar-refractivity contribution in [3.05, 3.63) is 0 Å². The minimum atomic E-state index is 0. The maximum atomic E-state index is 11.9. The second-order valence-electron chi connectivity index (χ2n) is 5.08. The van der Waals surface area contributed by atoms with Crippen LogP contribution in [0.1, 0.15) is 19.8 Å². The van der Waals surface area contributed by atoms with Crippen LogP contribution < -0.4 is 10.6 Å². The first-order valence-electron chi connectivity index (χ1n) is 6.48. The van der Waals surface area contributed by atoms with Gasteiger partial charge in [-0.25, -0.2) is 0 Å². The third-order valence-corrected chi connectivity index (χ3v) is 3.78. The number of nitrogens with zero attached hydrogens (tertiary/aromatic N) is 1. The van der Waals surface area contributed by atoms with Gasteiger partial charge in [0.25, 0.3) is 0 Å². The van der Waals surface area contributed by atoms with Gasteiger partial charge in [0.2, 0.25) is 5.91 Å². The zero-order valence-corrected chi connectivity index (χ0v) is 11.4. The van der Waals surface area contributed by atoms with Gasteiger partial charge in [-0.15, -0.1) is 12.4 Å². The van der Waals surface area contributed by atoms with E-state index in [4.69, 9.17) is 0 Å². The van der Waals surface area contributed by atoms with E-state index in [1.807, 2.05) is 0 Å². The maximum Gasteiger partial charge on any atom is 0.224 e. The Kier molecular flexibility index (Phi) is 6.23. The molecule has 0 unspecified atom stereocenters. The summed E-state index contributed by atoms with van der Waals surface area (Å²) >= 11 is 0. The van der Waals surface area contributed by atoms with Gasteiger partial charge in [0.1, 0.15) is 0 Å². The van der Waals surface area contributed by atoms with Crippen LogP contribution in [-0.2, 0) is 4.79 Å². The van der Waals surface area contributed by atoms with Gasteiger partial charge < -0.3 is 15.5 Å². The van der Waals surface area contributed by atoms with Crippen LogP contribution in [0.4, 0.5) is 0 Å². The van der Waals surface area contributed by atoms with Crippen molar-refractivity contribution >= 4 is 18.3 Å². The van der Waals surface area contributed by atoms with Crippen LogP contribution in [0, 0.1) is 11.8 Å². The highest BCUT2D eigenvalue weighted by Gasteiger charge is 2.29. The van der Waals surface area contributed by atoms with Crippen LogP contribution in [0.2, 0.25) is 0 Å². The number of halogens is 1. The van der Waals surface area contributed by atoms with Crippen molar-refractivity contribution in [2.45, 2.75) is 19.8 Å². The molecular formula is C12H24ClN3O. The van der Waals surface area contributed by atoms with Gasteiger partial charge in [-0.2, -0.15) is 0 Å². The Labute approximate surface area is 110 Å². The summed E-state index contributed by atoms with van der Waals surface area (Å²) in [6, 6.07) is 0. The molecule has 4 nitrogen and oxygen atoms in total. The average Bonchev–Trinajstić information content (AvgIpc) is 2.88. The highest BCUT2D eigenvalue weighted by molar-refractivity contribution is 5.85. The quantitative estimate of drug-likeness (QED) is 0.774. The largest absolute Gasteiger partial charge is 0.355 e. The molecule has 0 saturated carbocycles. The zero-order valence-electron chi connectivity index (χ0n) is 10.6. The molecule has 2 atom stereocenters. The van der Waals surface area contributed by atoms with E-state index >= 15 is 0 Å². The molecule has 0 aromatic rings. The summed E-state index contributed by atoms with van der Waals surface area (Å²) in [5.41, 5.74) is 0. The molecule has 2 aliphatic rings. The summed E-state index contributed by atoms with van der Waals surface area (Å²) in [6.07, 6.45) is 2.63. The van der Waals surface area contributed by atoms with E-state index in [1.54, 1.807) is 0 Å². The van der Waals surface area contributed by atoms with Gasteiger partial charge in [0.15, 0.2) is 0 Å². The van der Waals surface area contributed by atoms with Crippen LogP contribution in [-0.4, -0.2) is 50.1 Å². The Balaban J connectivity index is 0.00000144. The van der Waals surface area contributed by atoms with Crippen LogP contribution in [0.5, 0.6) is 0 Å². The fraction of sp³-hybridized carbons (Fsp3) is 0.917. The van der Waals surface area contributed by atoms with E-state index in [9.17, 15) is 4.79 Å². The molecule has 0 bridgehead atoms. The van der Waals surface area contributed by atoms with Crippen LogP contribution in [0.3, 0.4) is 0 Å². The standard InChI is InChI=1S/C12H23N3O.ClH/c1-10-8-13-9-11(10)12(16)14-4-7-15-5-2-3-6-15;/h10-11,13H,2-9H2,1H3,(H,14,16);1H/t10-,11-;/m1./s1. The number of carbonyl (C=O) groups is 1. The number of hydrogen-bond donors (Lipinski definition) is 2. The highest BCUT2D eigenvalue weighted by Crippen LogP contribution is 2.15. The van der Waals surface area contributed by atoms with Crippen molar-refractivity contribution in [1.29, 1.82) is 0 Å². The van der Waals surface area contributed by atoms with E-state index < -0.39 is 0 Å². The second-order valence-corrected chi connectivity index (χ2v) is 5.08. The predicted molar refractivity (Wildman–Crippen MR) is 71.5 cm³/mol.